The van der Waals surface area contributed by atoms with Crippen LogP contribution in [0.2, 0.25) is 5.02 Å². The van der Waals surface area contributed by atoms with Gasteiger partial charge in [-0.1, -0.05) is 42.8 Å². The van der Waals surface area contributed by atoms with Gasteiger partial charge in [0.25, 0.3) is 0 Å². The minimum Gasteiger partial charge on any atom is -0.489 e. The van der Waals surface area contributed by atoms with E-state index in [0.717, 1.165) is 17.7 Å². The van der Waals surface area contributed by atoms with E-state index in [1.807, 2.05) is 24.3 Å². The Balaban J connectivity index is 2.13. The number of para-hydroxylation sites is 1. The van der Waals surface area contributed by atoms with Gasteiger partial charge in [0.05, 0.1) is 11.6 Å². The molecular weight excluding hydrogens is 258 g/mol. The molecule has 0 aromatic heterocycles. The van der Waals surface area contributed by atoms with Crippen molar-refractivity contribution in [3.63, 3.8) is 0 Å². The Bertz CT molecular complexity index is 616. The van der Waals surface area contributed by atoms with E-state index in [1.165, 1.54) is 5.56 Å². The first-order valence-corrected chi connectivity index (χ1v) is 6.51. The summed E-state index contributed by atoms with van der Waals surface area (Å²) in [4.78, 5) is 0. The number of benzene rings is 2. The molecule has 2 aromatic carbocycles. The van der Waals surface area contributed by atoms with E-state index in [9.17, 15) is 0 Å². The summed E-state index contributed by atoms with van der Waals surface area (Å²) in [6, 6.07) is 15.3. The van der Waals surface area contributed by atoms with Crippen LogP contribution in [0.4, 0.5) is 0 Å². The second-order valence-corrected chi connectivity index (χ2v) is 4.58. The molecule has 0 unspecified atom stereocenters. The molecule has 0 fully saturated rings. The van der Waals surface area contributed by atoms with Crippen LogP contribution in [-0.2, 0) is 13.0 Å². The van der Waals surface area contributed by atoms with Crippen molar-refractivity contribution >= 4 is 11.6 Å². The SMILES string of the molecule is CCc1ccccc1OCc1ccc(C#N)cc1Cl. The van der Waals surface area contributed by atoms with Crippen molar-refractivity contribution in [2.75, 3.05) is 0 Å². The number of halogens is 1. The summed E-state index contributed by atoms with van der Waals surface area (Å²) in [6.45, 7) is 2.50. The zero-order valence-corrected chi connectivity index (χ0v) is 11.4. The summed E-state index contributed by atoms with van der Waals surface area (Å²) in [6.07, 6.45) is 0.928. The number of hydrogen-bond acceptors (Lipinski definition) is 2. The first-order valence-electron chi connectivity index (χ1n) is 6.13. The van der Waals surface area contributed by atoms with Crippen LogP contribution in [-0.4, -0.2) is 0 Å². The van der Waals surface area contributed by atoms with Gasteiger partial charge in [0.2, 0.25) is 0 Å². The van der Waals surface area contributed by atoms with Crippen LogP contribution in [0.15, 0.2) is 42.5 Å². The van der Waals surface area contributed by atoms with E-state index < -0.39 is 0 Å². The third-order valence-corrected chi connectivity index (χ3v) is 3.27. The van der Waals surface area contributed by atoms with E-state index in [-0.39, 0.29) is 0 Å². The summed E-state index contributed by atoms with van der Waals surface area (Å²) in [7, 11) is 0. The Morgan fingerprint density at radius 3 is 2.63 bits per heavy atom. The highest BCUT2D eigenvalue weighted by molar-refractivity contribution is 6.31. The average molecular weight is 272 g/mol. The zero-order valence-electron chi connectivity index (χ0n) is 10.7. The highest BCUT2D eigenvalue weighted by atomic mass is 35.5. The van der Waals surface area contributed by atoms with Crippen LogP contribution in [0, 0.1) is 11.3 Å². The Morgan fingerprint density at radius 2 is 1.95 bits per heavy atom. The van der Waals surface area contributed by atoms with Gasteiger partial charge < -0.3 is 4.74 Å². The van der Waals surface area contributed by atoms with Crippen molar-refractivity contribution in [3.05, 3.63) is 64.2 Å². The smallest absolute Gasteiger partial charge is 0.122 e. The first kappa shape index (κ1) is 13.5. The lowest BCUT2D eigenvalue weighted by molar-refractivity contribution is 0.303. The molecule has 0 spiro atoms. The van der Waals surface area contributed by atoms with Gasteiger partial charge in [-0.3, -0.25) is 0 Å². The van der Waals surface area contributed by atoms with E-state index in [4.69, 9.17) is 21.6 Å². The number of aryl methyl sites for hydroxylation is 1. The molecule has 0 aliphatic rings. The lowest BCUT2D eigenvalue weighted by atomic mass is 10.1. The van der Waals surface area contributed by atoms with Crippen LogP contribution in [0.25, 0.3) is 0 Å². The van der Waals surface area contributed by atoms with Crippen LogP contribution >= 0.6 is 11.6 Å². The van der Waals surface area contributed by atoms with Gasteiger partial charge in [-0.15, -0.1) is 0 Å². The van der Waals surface area contributed by atoms with E-state index >= 15 is 0 Å². The number of hydrogen-bond donors (Lipinski definition) is 0. The van der Waals surface area contributed by atoms with E-state index in [0.29, 0.717) is 17.2 Å². The highest BCUT2D eigenvalue weighted by Crippen LogP contribution is 2.23. The molecule has 0 heterocycles. The maximum absolute atomic E-state index is 8.79. The Hall–Kier alpha value is -1.98. The molecule has 3 heteroatoms. The zero-order chi connectivity index (χ0) is 13.7. The van der Waals surface area contributed by atoms with Crippen LogP contribution < -0.4 is 4.74 Å². The van der Waals surface area contributed by atoms with Crippen LogP contribution in [0.3, 0.4) is 0 Å². The third-order valence-electron chi connectivity index (χ3n) is 2.92. The molecule has 0 saturated carbocycles. The molecule has 0 aliphatic carbocycles. The second-order valence-electron chi connectivity index (χ2n) is 4.17. The minimum absolute atomic E-state index is 0.404. The van der Waals surface area contributed by atoms with Crippen LogP contribution in [0.1, 0.15) is 23.6 Å². The predicted molar refractivity (Wildman–Crippen MR) is 76.3 cm³/mol. The van der Waals surface area contributed by atoms with E-state index in [2.05, 4.69) is 19.1 Å². The van der Waals surface area contributed by atoms with Crippen molar-refractivity contribution in [1.82, 2.24) is 0 Å². The maximum atomic E-state index is 8.79. The van der Waals surface area contributed by atoms with Gasteiger partial charge in [-0.25, -0.2) is 0 Å². The molecule has 0 amide bonds. The van der Waals surface area contributed by atoms with Crippen molar-refractivity contribution in [2.24, 2.45) is 0 Å². The van der Waals surface area contributed by atoms with Gasteiger partial charge in [-0.2, -0.15) is 5.26 Å². The molecule has 0 atom stereocenters. The lowest BCUT2D eigenvalue weighted by Crippen LogP contribution is -1.99. The number of nitrogens with zero attached hydrogens (tertiary/aromatic N) is 1. The molecule has 96 valence electrons. The fourth-order valence-corrected chi connectivity index (χ4v) is 2.06. The minimum atomic E-state index is 0.404. The molecule has 0 bridgehead atoms. The molecular formula is C16H14ClNO. The predicted octanol–water partition coefficient (Wildman–Crippen LogP) is 4.35. The fraction of sp³-hybridized carbons (Fsp3) is 0.188. The second kappa shape index (κ2) is 6.26. The van der Waals surface area contributed by atoms with Crippen LogP contribution in [0.5, 0.6) is 5.75 Å². The van der Waals surface area contributed by atoms with Gasteiger partial charge in [-0.05, 0) is 30.2 Å². The number of ether oxygens (including phenoxy) is 1. The molecule has 2 aromatic rings. The Labute approximate surface area is 118 Å². The maximum Gasteiger partial charge on any atom is 0.122 e. The number of rotatable bonds is 4. The van der Waals surface area contributed by atoms with Crippen molar-refractivity contribution in [2.45, 2.75) is 20.0 Å². The normalized spacial score (nSPS) is 9.95. The number of nitriles is 1. The summed E-state index contributed by atoms with van der Waals surface area (Å²) in [5, 5.41) is 9.35. The molecule has 2 rings (SSSR count). The Kier molecular flexibility index (Phi) is 4.43. The molecule has 2 nitrogen and oxygen atoms in total. The fourth-order valence-electron chi connectivity index (χ4n) is 1.83. The summed E-state index contributed by atoms with van der Waals surface area (Å²) >= 11 is 6.12. The summed E-state index contributed by atoms with van der Waals surface area (Å²) < 4.78 is 5.80. The molecule has 19 heavy (non-hydrogen) atoms. The van der Waals surface area contributed by atoms with Gasteiger partial charge in [0.1, 0.15) is 12.4 Å². The molecule has 0 N–H and O–H groups in total. The summed E-state index contributed by atoms with van der Waals surface area (Å²) in [5.41, 5.74) is 2.61. The molecule has 0 saturated heterocycles. The largest absolute Gasteiger partial charge is 0.489 e. The summed E-state index contributed by atoms with van der Waals surface area (Å²) in [5.74, 6) is 0.880. The molecule has 0 aliphatic heterocycles. The average Bonchev–Trinajstić information content (AvgIpc) is 2.46. The van der Waals surface area contributed by atoms with Gasteiger partial charge >= 0.3 is 0 Å². The highest BCUT2D eigenvalue weighted by Gasteiger charge is 2.05. The first-order chi connectivity index (χ1) is 9.24. The van der Waals surface area contributed by atoms with Crippen molar-refractivity contribution in [3.8, 4) is 11.8 Å². The van der Waals surface area contributed by atoms with Gasteiger partial charge in [0.15, 0.2) is 0 Å². The standard InChI is InChI=1S/C16H14ClNO/c1-2-13-5-3-4-6-16(13)19-11-14-8-7-12(10-18)9-15(14)17/h3-9H,2,11H2,1H3. The molecule has 0 radical (unpaired) electrons. The quantitative estimate of drug-likeness (QED) is 0.828. The Morgan fingerprint density at radius 1 is 1.16 bits per heavy atom. The van der Waals surface area contributed by atoms with E-state index in [1.54, 1.807) is 12.1 Å². The van der Waals surface area contributed by atoms with Crippen molar-refractivity contribution in [1.29, 1.82) is 5.26 Å². The monoisotopic (exact) mass is 271 g/mol. The lowest BCUT2D eigenvalue weighted by Gasteiger charge is -2.11. The van der Waals surface area contributed by atoms with Gasteiger partial charge in [0, 0.05) is 10.6 Å². The topological polar surface area (TPSA) is 33.0 Å². The third kappa shape index (κ3) is 3.27. The van der Waals surface area contributed by atoms with Crippen molar-refractivity contribution < 1.29 is 4.74 Å².